The van der Waals surface area contributed by atoms with Gasteiger partial charge in [-0.3, -0.25) is 0 Å². The van der Waals surface area contributed by atoms with E-state index in [1.807, 2.05) is 0 Å². The molecule has 0 unspecified atom stereocenters. The van der Waals surface area contributed by atoms with Gasteiger partial charge in [0.1, 0.15) is 5.82 Å². The molecule has 116 valence electrons. The number of ether oxygens (including phenoxy) is 1. The maximum Gasteiger partial charge on any atom is 0.222 e. The van der Waals surface area contributed by atoms with Crippen molar-refractivity contribution in [3.8, 4) is 0 Å². The van der Waals surface area contributed by atoms with E-state index >= 15 is 0 Å². The molecule has 3 heterocycles. The Hall–Kier alpha value is -1.40. The van der Waals surface area contributed by atoms with Gasteiger partial charge in [0, 0.05) is 37.7 Å². The molecule has 6 heteroatoms. The van der Waals surface area contributed by atoms with Gasteiger partial charge in [-0.1, -0.05) is 0 Å². The first kappa shape index (κ1) is 14.5. The van der Waals surface area contributed by atoms with Crippen molar-refractivity contribution >= 4 is 11.8 Å². The molecule has 0 aliphatic carbocycles. The van der Waals surface area contributed by atoms with Crippen LogP contribution in [-0.2, 0) is 4.74 Å². The van der Waals surface area contributed by atoms with E-state index in [-0.39, 0.29) is 0 Å². The zero-order valence-corrected chi connectivity index (χ0v) is 13.0. The summed E-state index contributed by atoms with van der Waals surface area (Å²) in [6.45, 7) is 3.62. The number of rotatable bonds is 3. The molecular formula is C15H25N5O. The minimum atomic E-state index is 0.369. The first-order chi connectivity index (χ1) is 10.1. The Balaban J connectivity index is 1.73. The van der Waals surface area contributed by atoms with Gasteiger partial charge in [0.15, 0.2) is 0 Å². The Morgan fingerprint density at radius 1 is 1.24 bits per heavy atom. The molecule has 0 saturated carbocycles. The second-order valence-electron chi connectivity index (χ2n) is 6.25. The molecule has 0 bridgehead atoms. The van der Waals surface area contributed by atoms with Crippen LogP contribution in [0.3, 0.4) is 0 Å². The standard InChI is InChI=1S/C15H25N5O/c1-19(2)12-3-6-20(7-4-12)14-9-13(17-15(16)18-14)11-5-8-21-10-11/h9,11-12H,3-8,10H2,1-2H3,(H2,16,17,18)/t11-/m1/s1. The van der Waals surface area contributed by atoms with Gasteiger partial charge < -0.3 is 20.3 Å². The molecule has 0 radical (unpaired) electrons. The van der Waals surface area contributed by atoms with Crippen LogP contribution >= 0.6 is 0 Å². The Morgan fingerprint density at radius 2 is 2.00 bits per heavy atom. The zero-order chi connectivity index (χ0) is 14.8. The van der Waals surface area contributed by atoms with Crippen LogP contribution in [0, 0.1) is 0 Å². The van der Waals surface area contributed by atoms with Crippen LogP contribution in [0.4, 0.5) is 11.8 Å². The fourth-order valence-corrected chi connectivity index (χ4v) is 3.22. The maximum absolute atomic E-state index is 5.91. The van der Waals surface area contributed by atoms with Crippen LogP contribution in [0.1, 0.15) is 30.9 Å². The lowest BCUT2D eigenvalue weighted by molar-refractivity contribution is 0.193. The molecule has 1 atom stereocenters. The Kier molecular flexibility index (Phi) is 4.26. The highest BCUT2D eigenvalue weighted by Gasteiger charge is 2.24. The number of nitrogens with two attached hydrogens (primary N) is 1. The molecular weight excluding hydrogens is 266 g/mol. The third-order valence-electron chi connectivity index (χ3n) is 4.62. The monoisotopic (exact) mass is 291 g/mol. The highest BCUT2D eigenvalue weighted by atomic mass is 16.5. The molecule has 0 amide bonds. The van der Waals surface area contributed by atoms with Crippen molar-refractivity contribution in [2.45, 2.75) is 31.2 Å². The van der Waals surface area contributed by atoms with Gasteiger partial charge in [-0.2, -0.15) is 4.98 Å². The molecule has 2 aliphatic rings. The average Bonchev–Trinajstić information content (AvgIpc) is 3.01. The minimum absolute atomic E-state index is 0.369. The molecule has 2 aliphatic heterocycles. The van der Waals surface area contributed by atoms with E-state index in [1.54, 1.807) is 0 Å². The zero-order valence-electron chi connectivity index (χ0n) is 13.0. The summed E-state index contributed by atoms with van der Waals surface area (Å²) in [7, 11) is 4.31. The number of piperidine rings is 1. The van der Waals surface area contributed by atoms with Crippen molar-refractivity contribution in [3.05, 3.63) is 11.8 Å². The summed E-state index contributed by atoms with van der Waals surface area (Å²) in [6, 6.07) is 2.77. The maximum atomic E-state index is 5.91. The highest BCUT2D eigenvalue weighted by molar-refractivity contribution is 5.44. The van der Waals surface area contributed by atoms with E-state index in [4.69, 9.17) is 10.5 Å². The van der Waals surface area contributed by atoms with Gasteiger partial charge in [0.05, 0.1) is 12.3 Å². The van der Waals surface area contributed by atoms with E-state index in [2.05, 4.69) is 39.9 Å². The fraction of sp³-hybridized carbons (Fsp3) is 0.733. The van der Waals surface area contributed by atoms with E-state index in [1.165, 1.54) is 12.8 Å². The van der Waals surface area contributed by atoms with Gasteiger partial charge in [-0.25, -0.2) is 4.98 Å². The van der Waals surface area contributed by atoms with Gasteiger partial charge in [-0.05, 0) is 33.4 Å². The summed E-state index contributed by atoms with van der Waals surface area (Å²) in [5.41, 5.74) is 6.94. The van der Waals surface area contributed by atoms with Crippen LogP contribution in [-0.4, -0.2) is 61.3 Å². The number of nitrogen functional groups attached to an aromatic ring is 1. The minimum Gasteiger partial charge on any atom is -0.381 e. The number of aromatic nitrogens is 2. The van der Waals surface area contributed by atoms with Crippen molar-refractivity contribution in [1.82, 2.24) is 14.9 Å². The van der Waals surface area contributed by atoms with E-state index in [0.717, 1.165) is 44.2 Å². The quantitative estimate of drug-likeness (QED) is 0.899. The topological polar surface area (TPSA) is 67.5 Å². The summed E-state index contributed by atoms with van der Waals surface area (Å²) < 4.78 is 5.46. The molecule has 0 aromatic carbocycles. The number of anilines is 2. The van der Waals surface area contributed by atoms with Crippen molar-refractivity contribution in [3.63, 3.8) is 0 Å². The summed E-state index contributed by atoms with van der Waals surface area (Å²) in [5.74, 6) is 1.72. The van der Waals surface area contributed by atoms with Crippen molar-refractivity contribution in [2.24, 2.45) is 0 Å². The van der Waals surface area contributed by atoms with E-state index < -0.39 is 0 Å². The number of nitrogens with zero attached hydrogens (tertiary/aromatic N) is 4. The Morgan fingerprint density at radius 3 is 2.62 bits per heavy atom. The predicted octanol–water partition coefficient (Wildman–Crippen LogP) is 1.09. The van der Waals surface area contributed by atoms with Crippen LogP contribution in [0.5, 0.6) is 0 Å². The van der Waals surface area contributed by atoms with Gasteiger partial charge in [-0.15, -0.1) is 0 Å². The van der Waals surface area contributed by atoms with E-state index in [9.17, 15) is 0 Å². The van der Waals surface area contributed by atoms with Gasteiger partial charge in [0.25, 0.3) is 0 Å². The first-order valence-electron chi connectivity index (χ1n) is 7.77. The van der Waals surface area contributed by atoms with E-state index in [0.29, 0.717) is 17.9 Å². The molecule has 2 saturated heterocycles. The normalized spacial score (nSPS) is 24.0. The summed E-state index contributed by atoms with van der Waals surface area (Å²) in [5, 5.41) is 0. The molecule has 3 rings (SSSR count). The lowest BCUT2D eigenvalue weighted by Crippen LogP contribution is -2.42. The lowest BCUT2D eigenvalue weighted by Gasteiger charge is -2.36. The highest BCUT2D eigenvalue weighted by Crippen LogP contribution is 2.28. The first-order valence-corrected chi connectivity index (χ1v) is 7.77. The smallest absolute Gasteiger partial charge is 0.222 e. The third-order valence-corrected chi connectivity index (χ3v) is 4.62. The third kappa shape index (κ3) is 3.27. The van der Waals surface area contributed by atoms with Crippen LogP contribution in [0.25, 0.3) is 0 Å². The number of hydrogen-bond donors (Lipinski definition) is 1. The van der Waals surface area contributed by atoms with Crippen molar-refractivity contribution in [2.75, 3.05) is 51.0 Å². The molecule has 2 fully saturated rings. The Labute approximate surface area is 126 Å². The summed E-state index contributed by atoms with van der Waals surface area (Å²) >= 11 is 0. The molecule has 6 nitrogen and oxygen atoms in total. The Bertz CT molecular complexity index is 479. The SMILES string of the molecule is CN(C)C1CCN(c2cc([C@@H]3CCOC3)nc(N)n2)CC1. The van der Waals surface area contributed by atoms with Crippen LogP contribution in [0.2, 0.25) is 0 Å². The predicted molar refractivity (Wildman–Crippen MR) is 83.5 cm³/mol. The van der Waals surface area contributed by atoms with Gasteiger partial charge in [0.2, 0.25) is 5.95 Å². The molecule has 1 aromatic heterocycles. The molecule has 0 spiro atoms. The molecule has 1 aromatic rings. The van der Waals surface area contributed by atoms with Crippen LogP contribution < -0.4 is 10.6 Å². The second kappa shape index (κ2) is 6.15. The largest absolute Gasteiger partial charge is 0.381 e. The van der Waals surface area contributed by atoms with Crippen molar-refractivity contribution in [1.29, 1.82) is 0 Å². The lowest BCUT2D eigenvalue weighted by atomic mass is 10.0. The number of hydrogen-bond acceptors (Lipinski definition) is 6. The fourth-order valence-electron chi connectivity index (χ4n) is 3.22. The van der Waals surface area contributed by atoms with Crippen LogP contribution in [0.15, 0.2) is 6.07 Å². The molecule has 21 heavy (non-hydrogen) atoms. The molecule has 2 N–H and O–H groups in total. The van der Waals surface area contributed by atoms with Crippen molar-refractivity contribution < 1.29 is 4.74 Å². The summed E-state index contributed by atoms with van der Waals surface area (Å²) in [4.78, 5) is 13.5. The van der Waals surface area contributed by atoms with Gasteiger partial charge >= 0.3 is 0 Å². The second-order valence-corrected chi connectivity index (χ2v) is 6.25. The summed E-state index contributed by atoms with van der Waals surface area (Å²) in [6.07, 6.45) is 3.36. The average molecular weight is 291 g/mol.